The van der Waals surface area contributed by atoms with E-state index in [2.05, 4.69) is 20.5 Å². The predicted molar refractivity (Wildman–Crippen MR) is 134 cm³/mol. The zero-order valence-corrected chi connectivity index (χ0v) is 19.8. The molecule has 0 spiro atoms. The Bertz CT molecular complexity index is 1530. The number of anilines is 1. The minimum absolute atomic E-state index is 0.154. The number of hydrogen-bond acceptors (Lipinski definition) is 4. The summed E-state index contributed by atoms with van der Waals surface area (Å²) in [6.07, 6.45) is -2.71. The Kier molecular flexibility index (Phi) is 6.28. The number of pyridine rings is 1. The van der Waals surface area contributed by atoms with E-state index < -0.39 is 6.43 Å². The number of amides is 1. The Morgan fingerprint density at radius 1 is 0.944 bits per heavy atom. The van der Waals surface area contributed by atoms with Crippen molar-refractivity contribution in [1.29, 1.82) is 0 Å². The lowest BCUT2D eigenvalue weighted by atomic mass is 10.1. The van der Waals surface area contributed by atoms with Gasteiger partial charge < -0.3 is 5.32 Å². The Labute approximate surface area is 206 Å². The molecule has 9 heteroatoms. The van der Waals surface area contributed by atoms with Gasteiger partial charge in [-0.05, 0) is 25.5 Å². The summed E-state index contributed by atoms with van der Waals surface area (Å²) in [6, 6.07) is 22.2. The summed E-state index contributed by atoms with van der Waals surface area (Å²) in [5.41, 5.74) is 3.57. The standard InChI is InChI=1S/C27H24F2N6O/c1-17-13-23(33-34(17)15-19-9-5-3-6-10-19)31-24(36)16-35-27-25(18(2)32-35)21(26(28)29)14-22(30-27)20-11-7-4-8-12-20/h3-14,26H,15-16H2,1-2H3,(H,31,33,36). The Morgan fingerprint density at radius 2 is 1.64 bits per heavy atom. The monoisotopic (exact) mass is 486 g/mol. The molecule has 182 valence electrons. The number of halogens is 2. The summed E-state index contributed by atoms with van der Waals surface area (Å²) in [5, 5.41) is 11.9. The molecule has 3 aromatic heterocycles. The highest BCUT2D eigenvalue weighted by atomic mass is 19.3. The van der Waals surface area contributed by atoms with Gasteiger partial charge in [-0.25, -0.2) is 18.4 Å². The number of aromatic nitrogens is 5. The Balaban J connectivity index is 1.42. The van der Waals surface area contributed by atoms with Crippen LogP contribution in [0.1, 0.15) is 28.9 Å². The molecule has 5 rings (SSSR count). The van der Waals surface area contributed by atoms with Gasteiger partial charge >= 0.3 is 0 Å². The smallest absolute Gasteiger partial charge is 0.264 e. The lowest BCUT2D eigenvalue weighted by Gasteiger charge is -2.09. The van der Waals surface area contributed by atoms with Crippen molar-refractivity contribution in [2.45, 2.75) is 33.4 Å². The van der Waals surface area contributed by atoms with Crippen LogP contribution in [0.25, 0.3) is 22.3 Å². The second-order valence-corrected chi connectivity index (χ2v) is 8.57. The minimum atomic E-state index is -2.71. The Morgan fingerprint density at radius 3 is 2.33 bits per heavy atom. The summed E-state index contributed by atoms with van der Waals surface area (Å²) in [7, 11) is 0. The minimum Gasteiger partial charge on any atom is -0.308 e. The lowest BCUT2D eigenvalue weighted by Crippen LogP contribution is -2.20. The highest BCUT2D eigenvalue weighted by Gasteiger charge is 2.22. The van der Waals surface area contributed by atoms with Crippen LogP contribution < -0.4 is 5.32 Å². The van der Waals surface area contributed by atoms with Gasteiger partial charge in [0.2, 0.25) is 5.91 Å². The molecule has 0 bridgehead atoms. The Hall–Kier alpha value is -4.40. The zero-order valence-electron chi connectivity index (χ0n) is 19.8. The molecule has 0 aliphatic heterocycles. The molecule has 0 aliphatic carbocycles. The maximum Gasteiger partial charge on any atom is 0.264 e. The molecule has 0 saturated carbocycles. The average molecular weight is 487 g/mol. The van der Waals surface area contributed by atoms with E-state index in [0.29, 0.717) is 29.3 Å². The number of benzene rings is 2. The van der Waals surface area contributed by atoms with E-state index in [1.54, 1.807) is 29.8 Å². The third-order valence-electron chi connectivity index (χ3n) is 5.93. The van der Waals surface area contributed by atoms with E-state index in [1.807, 2.05) is 55.5 Å². The third kappa shape index (κ3) is 4.72. The van der Waals surface area contributed by atoms with Gasteiger partial charge in [0.05, 0.1) is 23.3 Å². The highest BCUT2D eigenvalue weighted by Crippen LogP contribution is 2.33. The molecule has 0 saturated heterocycles. The molecule has 1 amide bonds. The van der Waals surface area contributed by atoms with Crippen molar-refractivity contribution in [3.63, 3.8) is 0 Å². The van der Waals surface area contributed by atoms with E-state index in [1.165, 1.54) is 10.7 Å². The van der Waals surface area contributed by atoms with Crippen LogP contribution in [0.4, 0.5) is 14.6 Å². The number of fused-ring (bicyclic) bond motifs is 1. The maximum absolute atomic E-state index is 14.0. The second-order valence-electron chi connectivity index (χ2n) is 8.57. The van der Waals surface area contributed by atoms with Crippen LogP contribution in [0.15, 0.2) is 72.8 Å². The topological polar surface area (TPSA) is 77.6 Å². The zero-order chi connectivity index (χ0) is 25.2. The molecule has 5 aromatic rings. The largest absolute Gasteiger partial charge is 0.308 e. The molecule has 1 N–H and O–H groups in total. The number of nitrogens with one attached hydrogen (secondary N) is 1. The normalized spacial score (nSPS) is 11.4. The fraction of sp³-hybridized carbons (Fsp3) is 0.185. The number of nitrogens with zero attached hydrogens (tertiary/aromatic N) is 5. The molecule has 0 fully saturated rings. The van der Waals surface area contributed by atoms with Gasteiger partial charge in [-0.3, -0.25) is 9.48 Å². The van der Waals surface area contributed by atoms with Gasteiger partial charge in [0.15, 0.2) is 11.5 Å². The van der Waals surface area contributed by atoms with Gasteiger partial charge in [0, 0.05) is 22.9 Å². The first-order valence-electron chi connectivity index (χ1n) is 11.5. The van der Waals surface area contributed by atoms with E-state index in [9.17, 15) is 13.6 Å². The molecular weight excluding hydrogens is 462 g/mol. The molecule has 36 heavy (non-hydrogen) atoms. The second kappa shape index (κ2) is 9.69. The van der Waals surface area contributed by atoms with Crippen LogP contribution in [0.3, 0.4) is 0 Å². The van der Waals surface area contributed by atoms with E-state index in [-0.39, 0.29) is 29.0 Å². The first-order valence-corrected chi connectivity index (χ1v) is 11.5. The van der Waals surface area contributed by atoms with Crippen LogP contribution in [0, 0.1) is 13.8 Å². The van der Waals surface area contributed by atoms with Crippen molar-refractivity contribution in [3.05, 3.63) is 95.3 Å². The van der Waals surface area contributed by atoms with Crippen molar-refractivity contribution in [2.24, 2.45) is 0 Å². The number of aryl methyl sites for hydroxylation is 2. The fourth-order valence-corrected chi connectivity index (χ4v) is 4.23. The number of hydrogen-bond donors (Lipinski definition) is 1. The third-order valence-corrected chi connectivity index (χ3v) is 5.93. The molecule has 0 aliphatic rings. The number of alkyl halides is 2. The number of carbonyl (C=O) groups is 1. The SMILES string of the molecule is Cc1nn(CC(=O)Nc2cc(C)n(Cc3ccccc3)n2)c2nc(-c3ccccc3)cc(C(F)F)c12. The summed E-state index contributed by atoms with van der Waals surface area (Å²) < 4.78 is 31.1. The van der Waals surface area contributed by atoms with Crippen molar-refractivity contribution >= 4 is 22.8 Å². The summed E-state index contributed by atoms with van der Waals surface area (Å²) in [6.45, 7) is 3.94. The predicted octanol–water partition coefficient (Wildman–Crippen LogP) is 5.54. The van der Waals surface area contributed by atoms with Gasteiger partial charge in [0.25, 0.3) is 6.43 Å². The maximum atomic E-state index is 14.0. The summed E-state index contributed by atoms with van der Waals surface area (Å²) in [4.78, 5) is 17.5. The van der Waals surface area contributed by atoms with Crippen molar-refractivity contribution in [3.8, 4) is 11.3 Å². The van der Waals surface area contributed by atoms with Crippen molar-refractivity contribution in [1.82, 2.24) is 24.5 Å². The molecule has 0 atom stereocenters. The van der Waals surface area contributed by atoms with Crippen LogP contribution in [-0.2, 0) is 17.9 Å². The van der Waals surface area contributed by atoms with E-state index >= 15 is 0 Å². The van der Waals surface area contributed by atoms with Crippen molar-refractivity contribution < 1.29 is 13.6 Å². The molecule has 0 radical (unpaired) electrons. The first-order chi connectivity index (χ1) is 17.4. The van der Waals surface area contributed by atoms with Crippen LogP contribution in [-0.4, -0.2) is 30.5 Å². The molecule has 0 unspecified atom stereocenters. The van der Waals surface area contributed by atoms with Gasteiger partial charge in [-0.2, -0.15) is 10.2 Å². The highest BCUT2D eigenvalue weighted by molar-refractivity contribution is 5.91. The van der Waals surface area contributed by atoms with Gasteiger partial charge in [-0.1, -0.05) is 60.7 Å². The quantitative estimate of drug-likeness (QED) is 0.328. The van der Waals surface area contributed by atoms with Crippen molar-refractivity contribution in [2.75, 3.05) is 5.32 Å². The summed E-state index contributed by atoms with van der Waals surface area (Å²) >= 11 is 0. The molecule has 3 heterocycles. The van der Waals surface area contributed by atoms with Crippen LogP contribution in [0.2, 0.25) is 0 Å². The van der Waals surface area contributed by atoms with Gasteiger partial charge in [-0.15, -0.1) is 0 Å². The number of rotatable bonds is 7. The van der Waals surface area contributed by atoms with E-state index in [0.717, 1.165) is 11.3 Å². The van der Waals surface area contributed by atoms with Gasteiger partial charge in [0.1, 0.15) is 6.54 Å². The van der Waals surface area contributed by atoms with Crippen LogP contribution >= 0.6 is 0 Å². The first kappa shape index (κ1) is 23.3. The average Bonchev–Trinajstić information content (AvgIpc) is 3.37. The van der Waals surface area contributed by atoms with Crippen LogP contribution in [0.5, 0.6) is 0 Å². The molecule has 2 aromatic carbocycles. The molecule has 7 nitrogen and oxygen atoms in total. The number of carbonyl (C=O) groups excluding carboxylic acids is 1. The summed E-state index contributed by atoms with van der Waals surface area (Å²) in [5.74, 6) is 0.0297. The fourth-order valence-electron chi connectivity index (χ4n) is 4.23. The van der Waals surface area contributed by atoms with E-state index in [4.69, 9.17) is 0 Å². The molecular formula is C27H24F2N6O. The lowest BCUT2D eigenvalue weighted by molar-refractivity contribution is -0.116.